The van der Waals surface area contributed by atoms with E-state index in [1.165, 1.54) is 11.9 Å². The van der Waals surface area contributed by atoms with E-state index < -0.39 is 17.7 Å². The number of hydrogen-bond donors (Lipinski definition) is 1. The van der Waals surface area contributed by atoms with Crippen molar-refractivity contribution < 1.29 is 19.4 Å². The van der Waals surface area contributed by atoms with Crippen molar-refractivity contribution in [2.75, 3.05) is 14.2 Å². The van der Waals surface area contributed by atoms with Crippen LogP contribution in [0.25, 0.3) is 5.76 Å². The molecule has 0 unspecified atom stereocenters. The van der Waals surface area contributed by atoms with Gasteiger partial charge in [-0.25, -0.2) is 0 Å². The zero-order chi connectivity index (χ0) is 18.1. The number of likely N-dealkylation sites (N-methyl/N-ethyl adjacent to an activating group) is 1. The average molecular weight is 358 g/mol. The summed E-state index contributed by atoms with van der Waals surface area (Å²) in [6, 6.07) is 12.8. The van der Waals surface area contributed by atoms with Crippen molar-refractivity contribution in [3.05, 3.63) is 70.3 Å². The predicted octanol–water partition coefficient (Wildman–Crippen LogP) is 3.40. The van der Waals surface area contributed by atoms with E-state index in [4.69, 9.17) is 16.3 Å². The van der Waals surface area contributed by atoms with Crippen LogP contribution in [0.5, 0.6) is 5.75 Å². The van der Waals surface area contributed by atoms with Gasteiger partial charge in [0.05, 0.1) is 18.7 Å². The molecule has 2 aromatic carbocycles. The highest BCUT2D eigenvalue weighted by molar-refractivity contribution is 6.46. The summed E-state index contributed by atoms with van der Waals surface area (Å²) in [5, 5.41) is 11.2. The molecule has 0 saturated carbocycles. The van der Waals surface area contributed by atoms with E-state index in [-0.39, 0.29) is 11.3 Å². The first-order valence-corrected chi connectivity index (χ1v) is 7.96. The second-order valence-corrected chi connectivity index (χ2v) is 6.13. The molecule has 1 amide bonds. The number of rotatable bonds is 3. The number of amides is 1. The monoisotopic (exact) mass is 357 g/mol. The summed E-state index contributed by atoms with van der Waals surface area (Å²) < 4.78 is 5.13. The first-order chi connectivity index (χ1) is 11.9. The van der Waals surface area contributed by atoms with E-state index in [9.17, 15) is 14.7 Å². The molecule has 1 N–H and O–H groups in total. The van der Waals surface area contributed by atoms with E-state index in [1.54, 1.807) is 55.6 Å². The van der Waals surface area contributed by atoms with Crippen molar-refractivity contribution in [1.29, 1.82) is 0 Å². The van der Waals surface area contributed by atoms with E-state index >= 15 is 0 Å². The van der Waals surface area contributed by atoms with Gasteiger partial charge in [-0.1, -0.05) is 23.7 Å². The second kappa shape index (κ2) is 6.61. The molecule has 0 radical (unpaired) electrons. The van der Waals surface area contributed by atoms with Crippen molar-refractivity contribution in [2.45, 2.75) is 6.04 Å². The Labute approximate surface area is 150 Å². The van der Waals surface area contributed by atoms with Gasteiger partial charge in [0.2, 0.25) is 0 Å². The number of aliphatic hydroxyl groups is 1. The average Bonchev–Trinajstić information content (AvgIpc) is 2.86. The van der Waals surface area contributed by atoms with Gasteiger partial charge in [0, 0.05) is 17.6 Å². The highest BCUT2D eigenvalue weighted by Gasteiger charge is 2.44. The van der Waals surface area contributed by atoms with Crippen LogP contribution in [0.3, 0.4) is 0 Å². The van der Waals surface area contributed by atoms with Crippen LogP contribution in [-0.2, 0) is 9.59 Å². The number of carbonyl (C=O) groups excluding carboxylic acids is 2. The minimum Gasteiger partial charge on any atom is -0.507 e. The Balaban J connectivity index is 2.13. The highest BCUT2D eigenvalue weighted by Crippen LogP contribution is 2.38. The zero-order valence-electron chi connectivity index (χ0n) is 13.7. The Kier molecular flexibility index (Phi) is 4.51. The molecule has 2 aromatic rings. The predicted molar refractivity (Wildman–Crippen MR) is 94.5 cm³/mol. The summed E-state index contributed by atoms with van der Waals surface area (Å²) in [5.74, 6) is -0.929. The smallest absolute Gasteiger partial charge is 0.295 e. The van der Waals surface area contributed by atoms with Gasteiger partial charge in [-0.15, -0.1) is 0 Å². The molecule has 1 heterocycles. The summed E-state index contributed by atoms with van der Waals surface area (Å²) in [4.78, 5) is 26.0. The molecule has 1 atom stereocenters. The van der Waals surface area contributed by atoms with Crippen LogP contribution >= 0.6 is 11.6 Å². The van der Waals surface area contributed by atoms with Gasteiger partial charge in [0.25, 0.3) is 11.7 Å². The summed E-state index contributed by atoms with van der Waals surface area (Å²) in [7, 11) is 3.10. The topological polar surface area (TPSA) is 66.8 Å². The molecule has 3 rings (SSSR count). The summed E-state index contributed by atoms with van der Waals surface area (Å²) in [6.45, 7) is 0. The van der Waals surface area contributed by atoms with Gasteiger partial charge in [0.15, 0.2) is 0 Å². The van der Waals surface area contributed by atoms with Crippen molar-refractivity contribution in [1.82, 2.24) is 4.90 Å². The minimum atomic E-state index is -0.712. The van der Waals surface area contributed by atoms with Gasteiger partial charge < -0.3 is 14.7 Å². The first kappa shape index (κ1) is 17.0. The second-order valence-electron chi connectivity index (χ2n) is 5.69. The van der Waals surface area contributed by atoms with E-state index in [2.05, 4.69) is 0 Å². The third kappa shape index (κ3) is 2.98. The van der Waals surface area contributed by atoms with E-state index in [1.807, 2.05) is 0 Å². The molecule has 5 nitrogen and oxygen atoms in total. The molecule has 1 aliphatic heterocycles. The van der Waals surface area contributed by atoms with Crippen molar-refractivity contribution in [3.63, 3.8) is 0 Å². The standard InChI is InChI=1S/C19H16ClNO4/c1-21-16(11-5-9-14(25-2)10-6-11)15(18(23)19(21)24)17(22)12-3-7-13(20)8-4-12/h3-10,16,22H,1-2H3/b17-15+/t16-/m1/s1. The quantitative estimate of drug-likeness (QED) is 0.519. The maximum Gasteiger partial charge on any atom is 0.295 e. The fraction of sp³-hybridized carbons (Fsp3) is 0.158. The maximum absolute atomic E-state index is 12.4. The summed E-state index contributed by atoms with van der Waals surface area (Å²) >= 11 is 5.87. The number of ketones is 1. The lowest BCUT2D eigenvalue weighted by Crippen LogP contribution is -2.24. The molecule has 0 aromatic heterocycles. The number of ether oxygens (including phenoxy) is 1. The molecule has 1 aliphatic rings. The minimum absolute atomic E-state index is 0.0555. The van der Waals surface area contributed by atoms with Crippen LogP contribution in [-0.4, -0.2) is 35.9 Å². The summed E-state index contributed by atoms with van der Waals surface area (Å²) in [6.07, 6.45) is 0. The lowest BCUT2D eigenvalue weighted by molar-refractivity contribution is -0.139. The molecular weight excluding hydrogens is 342 g/mol. The van der Waals surface area contributed by atoms with Gasteiger partial charge in [0.1, 0.15) is 11.5 Å². The number of aliphatic hydroxyl groups excluding tert-OH is 1. The number of halogens is 1. The first-order valence-electron chi connectivity index (χ1n) is 7.58. The maximum atomic E-state index is 12.4. The largest absolute Gasteiger partial charge is 0.507 e. The molecule has 1 fully saturated rings. The summed E-state index contributed by atoms with van der Waals surface area (Å²) in [5.41, 5.74) is 1.19. The van der Waals surface area contributed by atoms with Crippen LogP contribution in [0.2, 0.25) is 5.02 Å². The van der Waals surface area contributed by atoms with Gasteiger partial charge in [-0.3, -0.25) is 9.59 Å². The molecule has 25 heavy (non-hydrogen) atoms. The third-order valence-electron chi connectivity index (χ3n) is 4.22. The highest BCUT2D eigenvalue weighted by atomic mass is 35.5. The van der Waals surface area contributed by atoms with Crippen LogP contribution in [0.4, 0.5) is 0 Å². The molecular formula is C19H16ClNO4. The van der Waals surface area contributed by atoms with Crippen LogP contribution in [0.1, 0.15) is 17.2 Å². The van der Waals surface area contributed by atoms with E-state index in [0.717, 1.165) is 0 Å². The fourth-order valence-electron chi connectivity index (χ4n) is 2.89. The molecule has 0 spiro atoms. The molecule has 0 aliphatic carbocycles. The number of Topliss-reactive ketones (excluding diaryl/α,β-unsaturated/α-hetero) is 1. The van der Waals surface area contributed by atoms with Crippen molar-refractivity contribution in [2.24, 2.45) is 0 Å². The number of carbonyl (C=O) groups is 2. The third-order valence-corrected chi connectivity index (χ3v) is 4.48. The Hall–Kier alpha value is -2.79. The van der Waals surface area contributed by atoms with Crippen LogP contribution in [0.15, 0.2) is 54.1 Å². The lowest BCUT2D eigenvalue weighted by atomic mass is 9.95. The SMILES string of the molecule is COc1ccc([C@@H]2/C(=C(\O)c3ccc(Cl)cc3)C(=O)C(=O)N2C)cc1. The number of hydrogen-bond acceptors (Lipinski definition) is 4. The Morgan fingerprint density at radius 3 is 2.24 bits per heavy atom. The number of nitrogens with zero attached hydrogens (tertiary/aromatic N) is 1. The van der Waals surface area contributed by atoms with Crippen molar-refractivity contribution >= 4 is 29.1 Å². The fourth-order valence-corrected chi connectivity index (χ4v) is 3.01. The molecule has 128 valence electrons. The lowest BCUT2D eigenvalue weighted by Gasteiger charge is -2.21. The van der Waals surface area contributed by atoms with E-state index in [0.29, 0.717) is 21.9 Å². The molecule has 1 saturated heterocycles. The Bertz CT molecular complexity index is 856. The number of benzene rings is 2. The Morgan fingerprint density at radius 1 is 1.08 bits per heavy atom. The van der Waals surface area contributed by atoms with Gasteiger partial charge >= 0.3 is 0 Å². The number of methoxy groups -OCH3 is 1. The van der Waals surface area contributed by atoms with Crippen LogP contribution < -0.4 is 4.74 Å². The molecule has 6 heteroatoms. The number of likely N-dealkylation sites (tertiary alicyclic amines) is 1. The van der Waals surface area contributed by atoms with Gasteiger partial charge in [-0.2, -0.15) is 0 Å². The zero-order valence-corrected chi connectivity index (χ0v) is 14.4. The molecule has 0 bridgehead atoms. The van der Waals surface area contributed by atoms with Crippen molar-refractivity contribution in [3.8, 4) is 5.75 Å². The van der Waals surface area contributed by atoms with Gasteiger partial charge in [-0.05, 0) is 42.0 Å². The Morgan fingerprint density at radius 2 is 1.68 bits per heavy atom. The normalized spacial score (nSPS) is 19.3. The van der Waals surface area contributed by atoms with Crippen LogP contribution in [0, 0.1) is 0 Å².